The first-order valence-electron chi connectivity index (χ1n) is 10.7. The first-order chi connectivity index (χ1) is 14.9. The van der Waals surface area contributed by atoms with Gasteiger partial charge in [0.05, 0.1) is 36.0 Å². The average molecular weight is 421 g/mol. The molecule has 2 atom stereocenters. The minimum Gasteiger partial charge on any atom is -0.379 e. The van der Waals surface area contributed by atoms with Gasteiger partial charge in [-0.2, -0.15) is 5.10 Å². The third-order valence-corrected chi connectivity index (χ3v) is 6.05. The lowest BCUT2D eigenvalue weighted by atomic mass is 9.93. The van der Waals surface area contributed by atoms with Gasteiger partial charge in [0, 0.05) is 36.2 Å². The topological polar surface area (TPSA) is 86.1 Å². The fraction of sp³-hybridized carbons (Fsp3) is 0.417. The van der Waals surface area contributed by atoms with Crippen molar-refractivity contribution in [3.05, 3.63) is 59.0 Å². The molecule has 1 aromatic carbocycles. The summed E-state index contributed by atoms with van der Waals surface area (Å²) in [5, 5.41) is 8.71. The molecule has 1 aliphatic rings. The first-order valence-corrected chi connectivity index (χ1v) is 10.7. The van der Waals surface area contributed by atoms with Gasteiger partial charge in [-0.15, -0.1) is 0 Å². The molecular formula is C24H28N4O3. The van der Waals surface area contributed by atoms with Crippen LogP contribution in [0, 0.1) is 19.8 Å². The van der Waals surface area contributed by atoms with Crippen LogP contribution < -0.4 is 5.32 Å². The van der Waals surface area contributed by atoms with Gasteiger partial charge in [-0.3, -0.25) is 19.3 Å². The molecule has 3 heterocycles. The van der Waals surface area contributed by atoms with Gasteiger partial charge < -0.3 is 10.1 Å². The van der Waals surface area contributed by atoms with Crippen LogP contribution in [0.2, 0.25) is 0 Å². The number of aromatic nitrogens is 3. The zero-order valence-electron chi connectivity index (χ0n) is 18.2. The van der Waals surface area contributed by atoms with Crippen molar-refractivity contribution in [1.29, 1.82) is 0 Å². The van der Waals surface area contributed by atoms with Crippen molar-refractivity contribution >= 4 is 22.6 Å². The van der Waals surface area contributed by atoms with Crippen LogP contribution in [-0.4, -0.2) is 45.7 Å². The number of amides is 1. The molecule has 4 rings (SSSR count). The van der Waals surface area contributed by atoms with E-state index in [0.717, 1.165) is 23.0 Å². The van der Waals surface area contributed by atoms with Crippen LogP contribution in [0.1, 0.15) is 40.7 Å². The minimum atomic E-state index is -0.0305. The zero-order valence-corrected chi connectivity index (χ0v) is 18.2. The Balaban J connectivity index is 1.38. The van der Waals surface area contributed by atoms with Crippen LogP contribution >= 0.6 is 0 Å². The monoisotopic (exact) mass is 420 g/mol. The number of para-hydroxylation sites is 1. The number of fused-ring (bicyclic) bond motifs is 1. The number of rotatable bonds is 7. The fourth-order valence-electron chi connectivity index (χ4n) is 4.49. The van der Waals surface area contributed by atoms with E-state index in [1.165, 1.54) is 5.56 Å². The number of pyridine rings is 1. The number of aryl methyl sites for hydroxylation is 2. The third kappa shape index (κ3) is 4.51. The molecule has 1 N–H and O–H groups in total. The Morgan fingerprint density at radius 3 is 2.77 bits per heavy atom. The molecule has 1 amide bonds. The number of hydrogen-bond acceptors (Lipinski definition) is 5. The van der Waals surface area contributed by atoms with Crippen molar-refractivity contribution in [2.24, 2.45) is 5.92 Å². The molecule has 0 bridgehead atoms. The summed E-state index contributed by atoms with van der Waals surface area (Å²) in [6.07, 6.45) is 2.97. The lowest BCUT2D eigenvalue weighted by Crippen LogP contribution is -2.41. The Kier molecular flexibility index (Phi) is 6.13. The molecule has 1 fully saturated rings. The highest BCUT2D eigenvalue weighted by Crippen LogP contribution is 2.24. The fourth-order valence-corrected chi connectivity index (χ4v) is 4.49. The van der Waals surface area contributed by atoms with E-state index in [2.05, 4.69) is 27.5 Å². The second-order valence-corrected chi connectivity index (χ2v) is 8.24. The largest absolute Gasteiger partial charge is 0.379 e. The molecule has 31 heavy (non-hydrogen) atoms. The molecule has 0 spiro atoms. The zero-order chi connectivity index (χ0) is 22.0. The van der Waals surface area contributed by atoms with E-state index in [9.17, 15) is 9.59 Å². The van der Waals surface area contributed by atoms with E-state index >= 15 is 0 Å². The molecule has 2 aromatic heterocycles. The number of nitrogens with one attached hydrogen (secondary N) is 1. The Bertz CT molecular complexity index is 1120. The Morgan fingerprint density at radius 2 is 2.00 bits per heavy atom. The van der Waals surface area contributed by atoms with Gasteiger partial charge in [0.1, 0.15) is 0 Å². The number of carbonyl (C=O) groups is 2. The summed E-state index contributed by atoms with van der Waals surface area (Å²) in [6.45, 7) is 6.83. The third-order valence-electron chi connectivity index (χ3n) is 6.05. The van der Waals surface area contributed by atoms with Gasteiger partial charge in [-0.05, 0) is 44.9 Å². The lowest BCUT2D eigenvalue weighted by Gasteiger charge is -2.20. The van der Waals surface area contributed by atoms with Gasteiger partial charge in [0.25, 0.3) is 0 Å². The highest BCUT2D eigenvalue weighted by molar-refractivity contribution is 5.96. The molecule has 7 heteroatoms. The minimum absolute atomic E-state index is 0.000263. The number of hydrogen-bond donors (Lipinski definition) is 1. The van der Waals surface area contributed by atoms with E-state index in [4.69, 9.17) is 4.74 Å². The predicted octanol–water partition coefficient (Wildman–Crippen LogP) is 3.01. The number of nitrogens with zero attached hydrogens (tertiary/aromatic N) is 3. The van der Waals surface area contributed by atoms with Gasteiger partial charge in [0.2, 0.25) is 5.91 Å². The van der Waals surface area contributed by atoms with E-state index in [-0.39, 0.29) is 23.7 Å². The Labute approximate surface area is 181 Å². The number of Topliss-reactive ketones (excluding diaryl/α,β-unsaturated/α-hetero) is 1. The van der Waals surface area contributed by atoms with Gasteiger partial charge >= 0.3 is 0 Å². The van der Waals surface area contributed by atoms with Crippen molar-refractivity contribution < 1.29 is 14.3 Å². The van der Waals surface area contributed by atoms with Crippen molar-refractivity contribution in [1.82, 2.24) is 20.1 Å². The maximum absolute atomic E-state index is 12.6. The molecule has 0 unspecified atom stereocenters. The number of benzene rings is 1. The summed E-state index contributed by atoms with van der Waals surface area (Å²) in [5.74, 6) is 0.185. The number of ketones is 1. The first kappa shape index (κ1) is 21.2. The quantitative estimate of drug-likeness (QED) is 0.594. The SMILES string of the molecule is CC(=O)c1c(C)nn(CCC(=O)N[C@H]2COC[C@H]2Cc2ccnc3ccccc23)c1C. The maximum Gasteiger partial charge on any atom is 0.222 e. The van der Waals surface area contributed by atoms with Crippen LogP contribution in [0.4, 0.5) is 0 Å². The van der Waals surface area contributed by atoms with Gasteiger partial charge in [0.15, 0.2) is 5.78 Å². The smallest absolute Gasteiger partial charge is 0.222 e. The van der Waals surface area contributed by atoms with Crippen LogP contribution in [0.25, 0.3) is 10.9 Å². The molecule has 1 aliphatic heterocycles. The lowest BCUT2D eigenvalue weighted by molar-refractivity contribution is -0.122. The molecule has 162 valence electrons. The highest BCUT2D eigenvalue weighted by Gasteiger charge is 2.30. The maximum atomic E-state index is 12.6. The summed E-state index contributed by atoms with van der Waals surface area (Å²) in [7, 11) is 0. The predicted molar refractivity (Wildman–Crippen MR) is 118 cm³/mol. The molecule has 7 nitrogen and oxygen atoms in total. The standard InChI is InChI=1S/C24H28N4O3/c1-15-24(17(3)29)16(2)28(27-15)11-9-23(30)26-22-14-31-13-19(22)12-18-8-10-25-21-7-5-4-6-20(18)21/h4-8,10,19,22H,9,11-14H2,1-3H3,(H,26,30)/t19-,22+/m1/s1. The summed E-state index contributed by atoms with van der Waals surface area (Å²) in [5.41, 5.74) is 4.37. The van der Waals surface area contributed by atoms with E-state index in [1.807, 2.05) is 38.2 Å². The Morgan fingerprint density at radius 1 is 1.19 bits per heavy atom. The van der Waals surface area contributed by atoms with Crippen molar-refractivity contribution in [2.45, 2.75) is 46.2 Å². The normalized spacial score (nSPS) is 18.4. The Hall–Kier alpha value is -3.06. The van der Waals surface area contributed by atoms with E-state index < -0.39 is 0 Å². The van der Waals surface area contributed by atoms with Crippen LogP contribution in [-0.2, 0) is 22.5 Å². The van der Waals surface area contributed by atoms with Crippen molar-refractivity contribution in [3.63, 3.8) is 0 Å². The summed E-state index contributed by atoms with van der Waals surface area (Å²) in [6, 6.07) is 10.1. The van der Waals surface area contributed by atoms with E-state index in [1.54, 1.807) is 11.6 Å². The summed E-state index contributed by atoms with van der Waals surface area (Å²) >= 11 is 0. The van der Waals surface area contributed by atoms with E-state index in [0.29, 0.717) is 37.4 Å². The summed E-state index contributed by atoms with van der Waals surface area (Å²) < 4.78 is 7.44. The molecule has 3 aromatic rings. The second kappa shape index (κ2) is 8.98. The van der Waals surface area contributed by atoms with Crippen LogP contribution in [0.5, 0.6) is 0 Å². The number of carbonyl (C=O) groups excluding carboxylic acids is 2. The summed E-state index contributed by atoms with van der Waals surface area (Å²) in [4.78, 5) is 28.9. The van der Waals surface area contributed by atoms with Crippen LogP contribution in [0.3, 0.4) is 0 Å². The molecule has 0 saturated carbocycles. The van der Waals surface area contributed by atoms with Crippen LogP contribution in [0.15, 0.2) is 36.5 Å². The van der Waals surface area contributed by atoms with Gasteiger partial charge in [-0.1, -0.05) is 18.2 Å². The second-order valence-electron chi connectivity index (χ2n) is 8.24. The number of ether oxygens (including phenoxy) is 1. The molecular weight excluding hydrogens is 392 g/mol. The molecule has 0 radical (unpaired) electrons. The molecule has 0 aliphatic carbocycles. The average Bonchev–Trinajstić information content (AvgIpc) is 3.29. The van der Waals surface area contributed by atoms with Crippen molar-refractivity contribution in [2.75, 3.05) is 13.2 Å². The van der Waals surface area contributed by atoms with Crippen molar-refractivity contribution in [3.8, 4) is 0 Å². The van der Waals surface area contributed by atoms with Gasteiger partial charge in [-0.25, -0.2) is 0 Å². The highest BCUT2D eigenvalue weighted by atomic mass is 16.5. The molecule has 1 saturated heterocycles.